The van der Waals surface area contributed by atoms with Crippen molar-refractivity contribution < 1.29 is 19.1 Å². The number of rotatable bonds is 11. The Bertz CT molecular complexity index is 809. The van der Waals surface area contributed by atoms with Gasteiger partial charge in [-0.05, 0) is 48.7 Å². The Morgan fingerprint density at radius 2 is 1.67 bits per heavy atom. The molecule has 0 heterocycles. The zero-order valence-electron chi connectivity index (χ0n) is 17.7. The highest BCUT2D eigenvalue weighted by molar-refractivity contribution is 6.30. The van der Waals surface area contributed by atoms with E-state index in [9.17, 15) is 9.59 Å². The molecular weight excluding hydrogens is 404 g/mol. The first kappa shape index (κ1) is 23.7. The molecule has 0 aliphatic heterocycles. The highest BCUT2D eigenvalue weighted by Gasteiger charge is 2.26. The Morgan fingerprint density at radius 3 is 2.27 bits per heavy atom. The van der Waals surface area contributed by atoms with Gasteiger partial charge in [0.2, 0.25) is 11.8 Å². The molecular formula is C23H29ClN2O4. The maximum absolute atomic E-state index is 13.1. The molecule has 2 aromatic carbocycles. The van der Waals surface area contributed by atoms with Crippen molar-refractivity contribution in [3.05, 3.63) is 64.7 Å². The molecule has 0 saturated carbocycles. The van der Waals surface area contributed by atoms with Gasteiger partial charge in [0.1, 0.15) is 11.8 Å². The number of benzene rings is 2. The van der Waals surface area contributed by atoms with E-state index in [1.807, 2.05) is 36.4 Å². The highest BCUT2D eigenvalue weighted by Crippen LogP contribution is 2.17. The number of nitrogens with one attached hydrogen (secondary N) is 1. The van der Waals surface area contributed by atoms with Gasteiger partial charge in [0.25, 0.3) is 0 Å². The van der Waals surface area contributed by atoms with Crippen molar-refractivity contribution in [2.45, 2.75) is 32.4 Å². The molecule has 0 fully saturated rings. The van der Waals surface area contributed by atoms with Crippen molar-refractivity contribution in [1.82, 2.24) is 10.2 Å². The predicted octanol–water partition coefficient (Wildman–Crippen LogP) is 3.46. The van der Waals surface area contributed by atoms with Crippen molar-refractivity contribution >= 4 is 23.4 Å². The molecule has 0 bridgehead atoms. The van der Waals surface area contributed by atoms with Crippen LogP contribution in [0.1, 0.15) is 24.5 Å². The number of carbonyl (C=O) groups excluding carboxylic acids is 2. The molecule has 0 radical (unpaired) electrons. The van der Waals surface area contributed by atoms with Gasteiger partial charge in [-0.1, -0.05) is 35.9 Å². The molecule has 30 heavy (non-hydrogen) atoms. The minimum atomic E-state index is -0.616. The van der Waals surface area contributed by atoms with Crippen molar-refractivity contribution in [3.8, 4) is 5.75 Å². The summed E-state index contributed by atoms with van der Waals surface area (Å²) in [6.45, 7) is 3.14. The van der Waals surface area contributed by atoms with Crippen LogP contribution in [0.2, 0.25) is 5.02 Å². The van der Waals surface area contributed by atoms with Gasteiger partial charge in [0.15, 0.2) is 0 Å². The van der Waals surface area contributed by atoms with Crippen LogP contribution < -0.4 is 10.1 Å². The van der Waals surface area contributed by atoms with Gasteiger partial charge in [-0.15, -0.1) is 0 Å². The summed E-state index contributed by atoms with van der Waals surface area (Å²) in [5.74, 6) is 0.415. The molecule has 162 valence electrons. The fourth-order valence-corrected chi connectivity index (χ4v) is 3.09. The lowest BCUT2D eigenvalue weighted by Crippen LogP contribution is -2.48. The molecule has 1 unspecified atom stereocenters. The number of hydrogen-bond acceptors (Lipinski definition) is 4. The number of carbonyl (C=O) groups is 2. The third-order valence-electron chi connectivity index (χ3n) is 4.77. The van der Waals surface area contributed by atoms with Crippen LogP contribution in [0.15, 0.2) is 48.5 Å². The standard InChI is InChI=1S/C23H29ClN2O4/c1-17(23(28)25-13-4-14-29-2)26(16-19-7-11-21(30-3)12-8-19)22(27)15-18-5-9-20(24)10-6-18/h5-12,17H,4,13-16H2,1-3H3,(H,25,28). The fourth-order valence-electron chi connectivity index (χ4n) is 2.96. The second kappa shape index (κ2) is 12.2. The van der Waals surface area contributed by atoms with Crippen LogP contribution >= 0.6 is 11.6 Å². The monoisotopic (exact) mass is 432 g/mol. The summed E-state index contributed by atoms with van der Waals surface area (Å²) in [4.78, 5) is 27.4. The van der Waals surface area contributed by atoms with Gasteiger partial charge < -0.3 is 19.7 Å². The second-order valence-corrected chi connectivity index (χ2v) is 7.42. The lowest BCUT2D eigenvalue weighted by atomic mass is 10.1. The van der Waals surface area contributed by atoms with E-state index < -0.39 is 6.04 Å². The van der Waals surface area contributed by atoms with E-state index in [2.05, 4.69) is 5.32 Å². The average molecular weight is 433 g/mol. The third-order valence-corrected chi connectivity index (χ3v) is 5.02. The summed E-state index contributed by atoms with van der Waals surface area (Å²) in [5.41, 5.74) is 1.76. The van der Waals surface area contributed by atoms with Crippen LogP contribution in [-0.2, 0) is 27.3 Å². The van der Waals surface area contributed by atoms with E-state index in [1.54, 1.807) is 38.2 Å². The molecule has 2 amide bonds. The quantitative estimate of drug-likeness (QED) is 0.552. The van der Waals surface area contributed by atoms with Crippen molar-refractivity contribution in [2.75, 3.05) is 27.4 Å². The summed E-state index contributed by atoms with van der Waals surface area (Å²) in [6.07, 6.45) is 0.904. The van der Waals surface area contributed by atoms with Crippen molar-refractivity contribution in [2.24, 2.45) is 0 Å². The minimum Gasteiger partial charge on any atom is -0.497 e. The summed E-state index contributed by atoms with van der Waals surface area (Å²) in [6, 6.07) is 14.0. The first-order valence-electron chi connectivity index (χ1n) is 9.88. The third kappa shape index (κ3) is 7.35. The van der Waals surface area contributed by atoms with Gasteiger partial charge in [-0.2, -0.15) is 0 Å². The maximum Gasteiger partial charge on any atom is 0.242 e. The Morgan fingerprint density at radius 1 is 1.03 bits per heavy atom. The number of amides is 2. The number of methoxy groups -OCH3 is 2. The summed E-state index contributed by atoms with van der Waals surface area (Å²) >= 11 is 5.94. The molecule has 1 atom stereocenters. The number of nitrogens with zero attached hydrogens (tertiary/aromatic N) is 1. The molecule has 7 heteroatoms. The van der Waals surface area contributed by atoms with Gasteiger partial charge in [0, 0.05) is 31.8 Å². The normalized spacial score (nSPS) is 11.6. The van der Waals surface area contributed by atoms with Crippen LogP contribution in [0, 0.1) is 0 Å². The molecule has 0 aliphatic carbocycles. The molecule has 0 aromatic heterocycles. The van der Waals surface area contributed by atoms with E-state index in [4.69, 9.17) is 21.1 Å². The maximum atomic E-state index is 13.1. The first-order chi connectivity index (χ1) is 14.4. The summed E-state index contributed by atoms with van der Waals surface area (Å²) < 4.78 is 10.2. The van der Waals surface area contributed by atoms with Gasteiger partial charge in [-0.3, -0.25) is 9.59 Å². The van der Waals surface area contributed by atoms with Crippen LogP contribution in [0.3, 0.4) is 0 Å². The minimum absolute atomic E-state index is 0.132. The predicted molar refractivity (Wildman–Crippen MR) is 118 cm³/mol. The van der Waals surface area contributed by atoms with E-state index >= 15 is 0 Å². The van der Waals surface area contributed by atoms with Crippen LogP contribution in [0.25, 0.3) is 0 Å². The second-order valence-electron chi connectivity index (χ2n) is 6.99. The fraction of sp³-hybridized carbons (Fsp3) is 0.391. The van der Waals surface area contributed by atoms with Crippen molar-refractivity contribution in [3.63, 3.8) is 0 Å². The number of hydrogen-bond donors (Lipinski definition) is 1. The average Bonchev–Trinajstić information content (AvgIpc) is 2.76. The van der Waals surface area contributed by atoms with Crippen LogP contribution in [0.4, 0.5) is 0 Å². The van der Waals surface area contributed by atoms with Gasteiger partial charge in [0.05, 0.1) is 13.5 Å². The molecule has 2 rings (SSSR count). The zero-order chi connectivity index (χ0) is 21.9. The van der Waals surface area contributed by atoms with Crippen molar-refractivity contribution in [1.29, 1.82) is 0 Å². The molecule has 0 spiro atoms. The zero-order valence-corrected chi connectivity index (χ0v) is 18.4. The molecule has 1 N–H and O–H groups in total. The smallest absolute Gasteiger partial charge is 0.242 e. The SMILES string of the molecule is COCCCNC(=O)C(C)N(Cc1ccc(OC)cc1)C(=O)Cc1ccc(Cl)cc1. The Balaban J connectivity index is 2.13. The van der Waals surface area contributed by atoms with E-state index in [0.29, 0.717) is 31.1 Å². The van der Waals surface area contributed by atoms with Gasteiger partial charge >= 0.3 is 0 Å². The van der Waals surface area contributed by atoms with Crippen LogP contribution in [-0.4, -0.2) is 50.1 Å². The van der Waals surface area contributed by atoms with E-state index in [1.165, 1.54) is 0 Å². The lowest BCUT2D eigenvalue weighted by molar-refractivity contribution is -0.140. The summed E-state index contributed by atoms with van der Waals surface area (Å²) in [7, 11) is 3.23. The van der Waals surface area contributed by atoms with Gasteiger partial charge in [-0.25, -0.2) is 0 Å². The Kier molecular flexibility index (Phi) is 9.64. The highest BCUT2D eigenvalue weighted by atomic mass is 35.5. The lowest BCUT2D eigenvalue weighted by Gasteiger charge is -2.29. The molecule has 6 nitrogen and oxygen atoms in total. The van der Waals surface area contributed by atoms with E-state index in [-0.39, 0.29) is 18.2 Å². The Hall–Kier alpha value is -2.57. The molecule has 0 aliphatic rings. The number of ether oxygens (including phenoxy) is 2. The Labute approximate surface area is 183 Å². The topological polar surface area (TPSA) is 67.9 Å². The van der Waals surface area contributed by atoms with Crippen LogP contribution in [0.5, 0.6) is 5.75 Å². The largest absolute Gasteiger partial charge is 0.497 e. The first-order valence-corrected chi connectivity index (χ1v) is 10.3. The van der Waals surface area contributed by atoms with E-state index in [0.717, 1.165) is 16.9 Å². The molecule has 2 aromatic rings. The molecule has 0 saturated heterocycles. The number of halogens is 1. The summed E-state index contributed by atoms with van der Waals surface area (Å²) in [5, 5.41) is 3.49.